The third kappa shape index (κ3) is 6.26. The standard InChI is InChI=1S/C19H19Cl2F3N2O3S/c1-3-17(26(30(2,28)29)16-9-14(20)8-15(21)10-16)18(27)25-11-12-5-4-6-13(7-12)19(22,23)24/h4-10,17H,3,11H2,1-2H3,(H,25,27). The summed E-state index contributed by atoms with van der Waals surface area (Å²) in [5.74, 6) is -0.670. The van der Waals surface area contributed by atoms with E-state index in [1.807, 2.05) is 0 Å². The van der Waals surface area contributed by atoms with Crippen LogP contribution in [-0.2, 0) is 27.5 Å². The first-order valence-electron chi connectivity index (χ1n) is 8.72. The Labute approximate surface area is 182 Å². The lowest BCUT2D eigenvalue weighted by atomic mass is 10.1. The molecule has 0 aromatic heterocycles. The molecule has 0 spiro atoms. The maximum absolute atomic E-state index is 12.9. The van der Waals surface area contributed by atoms with Crippen LogP contribution >= 0.6 is 23.2 Å². The van der Waals surface area contributed by atoms with E-state index in [-0.39, 0.29) is 34.3 Å². The Morgan fingerprint density at radius 2 is 1.73 bits per heavy atom. The normalized spacial score (nSPS) is 13.0. The molecule has 1 unspecified atom stereocenters. The summed E-state index contributed by atoms with van der Waals surface area (Å²) in [6, 6.07) is 7.50. The number of carbonyl (C=O) groups excluding carboxylic acids is 1. The molecule has 5 nitrogen and oxygen atoms in total. The van der Waals surface area contributed by atoms with E-state index in [1.54, 1.807) is 6.92 Å². The Balaban J connectivity index is 2.28. The molecule has 11 heteroatoms. The Kier molecular flexibility index (Phi) is 7.65. The van der Waals surface area contributed by atoms with Gasteiger partial charge in [-0.25, -0.2) is 8.42 Å². The molecule has 1 amide bonds. The summed E-state index contributed by atoms with van der Waals surface area (Å²) in [5.41, 5.74) is -0.506. The van der Waals surface area contributed by atoms with E-state index < -0.39 is 33.7 Å². The van der Waals surface area contributed by atoms with Crippen LogP contribution in [0.25, 0.3) is 0 Å². The van der Waals surface area contributed by atoms with Crippen molar-refractivity contribution in [3.8, 4) is 0 Å². The summed E-state index contributed by atoms with van der Waals surface area (Å²) in [4.78, 5) is 12.8. The molecule has 0 saturated carbocycles. The van der Waals surface area contributed by atoms with Gasteiger partial charge in [-0.2, -0.15) is 13.2 Å². The third-order valence-electron chi connectivity index (χ3n) is 4.15. The van der Waals surface area contributed by atoms with Gasteiger partial charge in [0.1, 0.15) is 6.04 Å². The highest BCUT2D eigenvalue weighted by Gasteiger charge is 2.32. The van der Waals surface area contributed by atoms with E-state index in [9.17, 15) is 26.4 Å². The van der Waals surface area contributed by atoms with Crippen molar-refractivity contribution < 1.29 is 26.4 Å². The first-order chi connectivity index (χ1) is 13.8. The predicted octanol–water partition coefficient (Wildman–Crippen LogP) is 4.87. The molecular formula is C19H19Cl2F3N2O3S. The van der Waals surface area contributed by atoms with Gasteiger partial charge in [-0.05, 0) is 42.3 Å². The summed E-state index contributed by atoms with van der Waals surface area (Å²) in [6.45, 7) is 1.41. The maximum Gasteiger partial charge on any atom is 0.416 e. The van der Waals surface area contributed by atoms with Gasteiger partial charge in [0.25, 0.3) is 0 Å². The van der Waals surface area contributed by atoms with Crippen molar-refractivity contribution in [3.05, 3.63) is 63.6 Å². The van der Waals surface area contributed by atoms with Gasteiger partial charge >= 0.3 is 6.18 Å². The largest absolute Gasteiger partial charge is 0.416 e. The molecule has 2 aromatic rings. The van der Waals surface area contributed by atoms with E-state index in [2.05, 4.69) is 5.32 Å². The average Bonchev–Trinajstić information content (AvgIpc) is 2.61. The molecule has 0 radical (unpaired) electrons. The number of anilines is 1. The van der Waals surface area contributed by atoms with Crippen LogP contribution in [-0.4, -0.2) is 26.6 Å². The Morgan fingerprint density at radius 3 is 2.23 bits per heavy atom. The first kappa shape index (κ1) is 24.3. The van der Waals surface area contributed by atoms with Crippen LogP contribution in [0, 0.1) is 0 Å². The van der Waals surface area contributed by atoms with Crippen molar-refractivity contribution in [2.45, 2.75) is 32.1 Å². The van der Waals surface area contributed by atoms with E-state index in [0.29, 0.717) is 0 Å². The second-order valence-electron chi connectivity index (χ2n) is 6.53. The maximum atomic E-state index is 12.9. The minimum absolute atomic E-state index is 0.103. The number of sulfonamides is 1. The highest BCUT2D eigenvalue weighted by atomic mass is 35.5. The number of alkyl halides is 3. The monoisotopic (exact) mass is 482 g/mol. The molecule has 0 aliphatic carbocycles. The SMILES string of the molecule is CCC(C(=O)NCc1cccc(C(F)(F)F)c1)N(c1cc(Cl)cc(Cl)c1)S(C)(=O)=O. The molecule has 0 bridgehead atoms. The number of rotatable bonds is 7. The van der Waals surface area contributed by atoms with Gasteiger partial charge in [-0.3, -0.25) is 9.10 Å². The fourth-order valence-corrected chi connectivity index (χ4v) is 4.60. The summed E-state index contributed by atoms with van der Waals surface area (Å²) in [7, 11) is -3.91. The number of hydrogen-bond donors (Lipinski definition) is 1. The van der Waals surface area contributed by atoms with E-state index >= 15 is 0 Å². The smallest absolute Gasteiger partial charge is 0.350 e. The Morgan fingerprint density at radius 1 is 1.13 bits per heavy atom. The minimum atomic E-state index is -4.51. The first-order valence-corrected chi connectivity index (χ1v) is 11.3. The lowest BCUT2D eigenvalue weighted by Gasteiger charge is -2.30. The average molecular weight is 483 g/mol. The zero-order chi connectivity index (χ0) is 22.7. The van der Waals surface area contributed by atoms with Gasteiger partial charge in [0.05, 0.1) is 17.5 Å². The van der Waals surface area contributed by atoms with Gasteiger partial charge in [0.15, 0.2) is 0 Å². The van der Waals surface area contributed by atoms with Crippen molar-refractivity contribution in [3.63, 3.8) is 0 Å². The fourth-order valence-electron chi connectivity index (χ4n) is 2.89. The second-order valence-corrected chi connectivity index (χ2v) is 9.26. The van der Waals surface area contributed by atoms with Gasteiger partial charge in [0, 0.05) is 16.6 Å². The number of halogens is 5. The number of benzene rings is 2. The summed E-state index contributed by atoms with van der Waals surface area (Å²) < 4.78 is 64.3. The van der Waals surface area contributed by atoms with Crippen LogP contribution in [0.1, 0.15) is 24.5 Å². The van der Waals surface area contributed by atoms with Crippen LogP contribution in [0.4, 0.5) is 18.9 Å². The summed E-state index contributed by atoms with van der Waals surface area (Å²) in [6.07, 6.45) is -3.47. The number of hydrogen-bond acceptors (Lipinski definition) is 3. The van der Waals surface area contributed by atoms with Crippen LogP contribution in [0.15, 0.2) is 42.5 Å². The van der Waals surface area contributed by atoms with E-state index in [4.69, 9.17) is 23.2 Å². The van der Waals surface area contributed by atoms with Crippen LogP contribution in [0.3, 0.4) is 0 Å². The highest BCUT2D eigenvalue weighted by Crippen LogP contribution is 2.30. The van der Waals surface area contributed by atoms with Crippen molar-refractivity contribution in [2.75, 3.05) is 10.6 Å². The van der Waals surface area contributed by atoms with Gasteiger partial charge in [-0.1, -0.05) is 42.3 Å². The Bertz CT molecular complexity index is 1010. The molecule has 0 saturated heterocycles. The second kappa shape index (κ2) is 9.45. The topological polar surface area (TPSA) is 66.5 Å². The molecule has 30 heavy (non-hydrogen) atoms. The van der Waals surface area contributed by atoms with Gasteiger partial charge in [-0.15, -0.1) is 0 Å². The van der Waals surface area contributed by atoms with Crippen LogP contribution < -0.4 is 9.62 Å². The summed E-state index contributed by atoms with van der Waals surface area (Å²) in [5, 5.41) is 2.87. The minimum Gasteiger partial charge on any atom is -0.350 e. The summed E-state index contributed by atoms with van der Waals surface area (Å²) >= 11 is 11.9. The molecule has 2 rings (SSSR count). The van der Waals surface area contributed by atoms with Crippen molar-refractivity contribution in [1.82, 2.24) is 5.32 Å². The molecule has 0 fully saturated rings. The molecule has 1 N–H and O–H groups in total. The third-order valence-corrected chi connectivity index (χ3v) is 5.77. The highest BCUT2D eigenvalue weighted by molar-refractivity contribution is 7.92. The van der Waals surface area contributed by atoms with Crippen molar-refractivity contribution in [2.24, 2.45) is 0 Å². The lowest BCUT2D eigenvalue weighted by Crippen LogP contribution is -2.49. The predicted molar refractivity (Wildman–Crippen MR) is 111 cm³/mol. The lowest BCUT2D eigenvalue weighted by molar-refractivity contribution is -0.137. The number of nitrogens with one attached hydrogen (secondary N) is 1. The fraction of sp³-hybridized carbons (Fsp3) is 0.316. The van der Waals surface area contributed by atoms with Gasteiger partial charge in [0.2, 0.25) is 15.9 Å². The molecule has 2 aromatic carbocycles. The molecule has 0 aliphatic rings. The molecular weight excluding hydrogens is 464 g/mol. The molecule has 164 valence electrons. The quantitative estimate of drug-likeness (QED) is 0.611. The van der Waals surface area contributed by atoms with E-state index in [0.717, 1.165) is 22.7 Å². The van der Waals surface area contributed by atoms with Crippen molar-refractivity contribution >= 4 is 44.8 Å². The molecule has 0 heterocycles. The van der Waals surface area contributed by atoms with Crippen LogP contribution in [0.2, 0.25) is 10.0 Å². The molecule has 0 aliphatic heterocycles. The molecule has 1 atom stereocenters. The zero-order valence-electron chi connectivity index (χ0n) is 16.0. The Hall–Kier alpha value is -1.97. The van der Waals surface area contributed by atoms with Gasteiger partial charge < -0.3 is 5.32 Å². The zero-order valence-corrected chi connectivity index (χ0v) is 18.3. The number of nitrogens with zero attached hydrogens (tertiary/aromatic N) is 1. The number of amides is 1. The van der Waals surface area contributed by atoms with Crippen LogP contribution in [0.5, 0.6) is 0 Å². The number of carbonyl (C=O) groups is 1. The van der Waals surface area contributed by atoms with E-state index in [1.165, 1.54) is 30.3 Å². The van der Waals surface area contributed by atoms with Crippen molar-refractivity contribution in [1.29, 1.82) is 0 Å².